The number of hydrogen-bond acceptors (Lipinski definition) is 4. The molecule has 0 aromatic carbocycles. The maximum absolute atomic E-state index is 10.8. The number of aromatic nitrogens is 1. The molecule has 1 rings (SSSR count). The van der Waals surface area contributed by atoms with Crippen molar-refractivity contribution in [3.05, 3.63) is 18.5 Å². The molecule has 5 nitrogen and oxygen atoms in total. The minimum absolute atomic E-state index is 0.181. The Hall–Kier alpha value is -1.14. The van der Waals surface area contributed by atoms with Gasteiger partial charge in [-0.3, -0.25) is 9.54 Å². The van der Waals surface area contributed by atoms with E-state index in [1.165, 1.54) is 12.3 Å². The van der Waals surface area contributed by atoms with Crippen LogP contribution in [-0.4, -0.2) is 32.0 Å². The Morgan fingerprint density at radius 2 is 2.08 bits per heavy atom. The molecule has 0 spiro atoms. The number of nitrogens with zero attached hydrogens (tertiary/aromatic N) is 2. The van der Waals surface area contributed by atoms with Crippen molar-refractivity contribution in [1.29, 1.82) is 0 Å². The van der Waals surface area contributed by atoms with E-state index in [0.29, 0.717) is 5.69 Å². The van der Waals surface area contributed by atoms with Gasteiger partial charge >= 0.3 is 0 Å². The molecule has 6 heteroatoms. The second-order valence-electron chi connectivity index (χ2n) is 2.71. The van der Waals surface area contributed by atoms with Gasteiger partial charge in [0.2, 0.25) is 0 Å². The van der Waals surface area contributed by atoms with E-state index in [1.807, 2.05) is 0 Å². The second-order valence-corrected chi connectivity index (χ2v) is 4.10. The molecule has 13 heavy (non-hydrogen) atoms. The van der Waals surface area contributed by atoms with Gasteiger partial charge in [-0.05, 0) is 6.07 Å². The quantitative estimate of drug-likeness (QED) is 0.703. The van der Waals surface area contributed by atoms with E-state index in [2.05, 4.69) is 4.98 Å². The highest BCUT2D eigenvalue weighted by Gasteiger charge is 2.16. The first-order valence-electron chi connectivity index (χ1n) is 3.52. The van der Waals surface area contributed by atoms with Crippen LogP contribution in [0.3, 0.4) is 0 Å². The first-order chi connectivity index (χ1) is 5.93. The van der Waals surface area contributed by atoms with Crippen molar-refractivity contribution in [3.63, 3.8) is 0 Å². The third-order valence-electron chi connectivity index (χ3n) is 1.52. The molecular formula is C7H10N2O3S. The van der Waals surface area contributed by atoms with Gasteiger partial charge in [0.15, 0.2) is 0 Å². The minimum Gasteiger partial charge on any atom is -0.376 e. The summed E-state index contributed by atoms with van der Waals surface area (Å²) in [7, 11) is -0.814. The van der Waals surface area contributed by atoms with E-state index in [0.717, 1.165) is 6.20 Å². The number of pyridine rings is 1. The monoisotopic (exact) mass is 202 g/mol. The molecule has 1 aromatic rings. The van der Waals surface area contributed by atoms with Crippen LogP contribution in [-0.2, 0) is 10.1 Å². The maximum atomic E-state index is 10.8. The fourth-order valence-electron chi connectivity index (χ4n) is 0.941. The van der Waals surface area contributed by atoms with E-state index in [9.17, 15) is 8.42 Å². The van der Waals surface area contributed by atoms with Crippen molar-refractivity contribution in [2.45, 2.75) is 4.90 Å². The summed E-state index contributed by atoms with van der Waals surface area (Å²) in [5.74, 6) is 0. The van der Waals surface area contributed by atoms with Crippen molar-refractivity contribution in [1.82, 2.24) is 4.98 Å². The summed E-state index contributed by atoms with van der Waals surface area (Å²) in [4.78, 5) is 5.04. The van der Waals surface area contributed by atoms with E-state index >= 15 is 0 Å². The molecule has 72 valence electrons. The SMILES string of the molecule is CN(C)c1ccncc1S(=O)(=O)O. The third-order valence-corrected chi connectivity index (χ3v) is 2.39. The van der Waals surface area contributed by atoms with Crippen LogP contribution in [0.4, 0.5) is 5.69 Å². The van der Waals surface area contributed by atoms with Crippen LogP contribution in [0.5, 0.6) is 0 Å². The molecule has 1 heterocycles. The van der Waals surface area contributed by atoms with Gasteiger partial charge in [0, 0.05) is 20.3 Å². The van der Waals surface area contributed by atoms with Crippen LogP contribution in [0.25, 0.3) is 0 Å². The standard InChI is InChI=1S/C7H10N2O3S/c1-9(2)6-3-4-8-5-7(6)13(10,11)12/h3-5H,1-2H3,(H,10,11,12). The lowest BCUT2D eigenvalue weighted by Crippen LogP contribution is -2.13. The second kappa shape index (κ2) is 3.31. The summed E-state index contributed by atoms with van der Waals surface area (Å²) in [5.41, 5.74) is 0.414. The Bertz CT molecular complexity index is 400. The summed E-state index contributed by atoms with van der Waals surface area (Å²) in [6.07, 6.45) is 2.58. The minimum atomic E-state index is -4.18. The van der Waals surface area contributed by atoms with Crippen LogP contribution in [0, 0.1) is 0 Å². The average molecular weight is 202 g/mol. The summed E-state index contributed by atoms with van der Waals surface area (Å²) >= 11 is 0. The Labute approximate surface area is 76.8 Å². The Kier molecular flexibility index (Phi) is 2.53. The molecule has 0 fully saturated rings. The van der Waals surface area contributed by atoms with E-state index in [1.54, 1.807) is 19.0 Å². The Balaban J connectivity index is 3.37. The molecule has 0 aliphatic carbocycles. The Morgan fingerprint density at radius 1 is 1.46 bits per heavy atom. The van der Waals surface area contributed by atoms with Crippen molar-refractivity contribution in [2.75, 3.05) is 19.0 Å². The lowest BCUT2D eigenvalue weighted by atomic mass is 10.4. The topological polar surface area (TPSA) is 70.5 Å². The van der Waals surface area contributed by atoms with Gasteiger partial charge in [-0.25, -0.2) is 0 Å². The van der Waals surface area contributed by atoms with Crippen molar-refractivity contribution >= 4 is 15.8 Å². The van der Waals surface area contributed by atoms with Gasteiger partial charge in [0.05, 0.1) is 11.9 Å². The maximum Gasteiger partial charge on any atom is 0.298 e. The van der Waals surface area contributed by atoms with E-state index < -0.39 is 10.1 Å². The van der Waals surface area contributed by atoms with Crippen molar-refractivity contribution in [2.24, 2.45) is 0 Å². The van der Waals surface area contributed by atoms with Crippen LogP contribution in [0.1, 0.15) is 0 Å². The van der Waals surface area contributed by atoms with Crippen LogP contribution >= 0.6 is 0 Å². The highest BCUT2D eigenvalue weighted by Crippen LogP contribution is 2.21. The zero-order valence-corrected chi connectivity index (χ0v) is 8.11. The average Bonchev–Trinajstić information content (AvgIpc) is 2.03. The highest BCUT2D eigenvalue weighted by molar-refractivity contribution is 7.86. The van der Waals surface area contributed by atoms with E-state index in [4.69, 9.17) is 4.55 Å². The first kappa shape index (κ1) is 9.94. The molecule has 0 atom stereocenters. The molecule has 0 unspecified atom stereocenters. The predicted molar refractivity (Wildman–Crippen MR) is 48.4 cm³/mol. The summed E-state index contributed by atoms with van der Waals surface area (Å²) in [6.45, 7) is 0. The summed E-state index contributed by atoms with van der Waals surface area (Å²) < 4.78 is 30.5. The van der Waals surface area contributed by atoms with Gasteiger partial charge in [-0.2, -0.15) is 8.42 Å². The fraction of sp³-hybridized carbons (Fsp3) is 0.286. The number of anilines is 1. The van der Waals surface area contributed by atoms with Crippen molar-refractivity contribution in [3.8, 4) is 0 Å². The van der Waals surface area contributed by atoms with Crippen LogP contribution in [0.2, 0.25) is 0 Å². The molecule has 1 aromatic heterocycles. The molecule has 0 radical (unpaired) electrons. The lowest BCUT2D eigenvalue weighted by Gasteiger charge is -2.14. The zero-order valence-electron chi connectivity index (χ0n) is 7.30. The summed E-state index contributed by atoms with van der Waals surface area (Å²) in [5, 5.41) is 0. The molecule has 0 aliphatic heterocycles. The number of rotatable bonds is 2. The van der Waals surface area contributed by atoms with Crippen molar-refractivity contribution < 1.29 is 13.0 Å². The van der Waals surface area contributed by atoms with Gasteiger partial charge in [0.1, 0.15) is 4.90 Å². The zero-order chi connectivity index (χ0) is 10.1. The largest absolute Gasteiger partial charge is 0.376 e. The van der Waals surface area contributed by atoms with E-state index in [-0.39, 0.29) is 4.90 Å². The molecule has 0 bridgehead atoms. The van der Waals surface area contributed by atoms with Gasteiger partial charge in [-0.15, -0.1) is 0 Å². The van der Waals surface area contributed by atoms with Gasteiger partial charge < -0.3 is 4.90 Å². The summed E-state index contributed by atoms with van der Waals surface area (Å²) in [6, 6.07) is 1.52. The number of hydrogen-bond donors (Lipinski definition) is 1. The Morgan fingerprint density at radius 3 is 2.46 bits per heavy atom. The molecule has 0 saturated carbocycles. The molecule has 1 N–H and O–H groups in total. The fourth-order valence-corrected chi connectivity index (χ4v) is 1.65. The predicted octanol–water partition coefficient (Wildman–Crippen LogP) is 0.394. The normalized spacial score (nSPS) is 11.3. The van der Waals surface area contributed by atoms with Crippen LogP contribution in [0.15, 0.2) is 23.4 Å². The molecular weight excluding hydrogens is 192 g/mol. The first-order valence-corrected chi connectivity index (χ1v) is 4.96. The molecule has 0 aliphatic rings. The van der Waals surface area contributed by atoms with Crippen LogP contribution < -0.4 is 4.90 Å². The lowest BCUT2D eigenvalue weighted by molar-refractivity contribution is 0.483. The highest BCUT2D eigenvalue weighted by atomic mass is 32.2. The van der Waals surface area contributed by atoms with Gasteiger partial charge in [-0.1, -0.05) is 0 Å². The van der Waals surface area contributed by atoms with Gasteiger partial charge in [0.25, 0.3) is 10.1 Å². The molecule has 0 saturated heterocycles. The molecule has 0 amide bonds. The third kappa shape index (κ3) is 2.16. The smallest absolute Gasteiger partial charge is 0.298 e.